The number of nitrogens with zero attached hydrogens (tertiary/aromatic N) is 3. The highest BCUT2D eigenvalue weighted by Gasteiger charge is 2.10. The van der Waals surface area contributed by atoms with E-state index < -0.39 is 0 Å². The smallest absolute Gasteiger partial charge is 0.125 e. The molecular formula is C17H14FN3S. The third-order valence-electron chi connectivity index (χ3n) is 3.36. The van der Waals surface area contributed by atoms with Crippen LogP contribution in [0.2, 0.25) is 0 Å². The Morgan fingerprint density at radius 3 is 2.73 bits per heavy atom. The van der Waals surface area contributed by atoms with Gasteiger partial charge in [0.2, 0.25) is 0 Å². The Labute approximate surface area is 132 Å². The van der Waals surface area contributed by atoms with Crippen LogP contribution in [-0.4, -0.2) is 15.3 Å². The van der Waals surface area contributed by atoms with Gasteiger partial charge in [-0.25, -0.2) is 9.37 Å². The molecule has 110 valence electrons. The first-order chi connectivity index (χ1) is 10.7. The normalized spacial score (nSPS) is 10.8. The van der Waals surface area contributed by atoms with E-state index in [1.807, 2.05) is 35.8 Å². The highest BCUT2D eigenvalue weighted by atomic mass is 32.2. The Kier molecular flexibility index (Phi) is 4.12. The zero-order chi connectivity index (χ0) is 15.5. The van der Waals surface area contributed by atoms with Crippen molar-refractivity contribution in [2.24, 2.45) is 0 Å². The van der Waals surface area contributed by atoms with Crippen LogP contribution in [0.15, 0.2) is 47.4 Å². The minimum Gasteiger partial charge on any atom is -0.296 e. The minimum absolute atomic E-state index is 0.266. The van der Waals surface area contributed by atoms with Crippen LogP contribution < -0.4 is 0 Å². The lowest BCUT2D eigenvalue weighted by atomic mass is 10.2. The molecule has 0 radical (unpaired) electrons. The number of halogens is 1. The van der Waals surface area contributed by atoms with Crippen LogP contribution in [0.4, 0.5) is 4.39 Å². The van der Waals surface area contributed by atoms with E-state index in [0.29, 0.717) is 6.42 Å². The number of thioether (sulfide) groups is 1. The first kappa shape index (κ1) is 14.6. The van der Waals surface area contributed by atoms with Gasteiger partial charge in [0.1, 0.15) is 11.6 Å². The van der Waals surface area contributed by atoms with Gasteiger partial charge in [-0.1, -0.05) is 0 Å². The van der Waals surface area contributed by atoms with Crippen molar-refractivity contribution in [2.75, 3.05) is 5.75 Å². The zero-order valence-corrected chi connectivity index (χ0v) is 12.9. The number of nitriles is 1. The van der Waals surface area contributed by atoms with Crippen molar-refractivity contribution in [1.82, 2.24) is 9.55 Å². The maximum atomic E-state index is 13.5. The van der Waals surface area contributed by atoms with Crippen molar-refractivity contribution in [3.8, 4) is 11.8 Å². The molecule has 3 aromatic rings. The fourth-order valence-corrected chi connectivity index (χ4v) is 3.16. The number of aryl methyl sites for hydroxylation is 1. The van der Waals surface area contributed by atoms with E-state index in [0.717, 1.165) is 33.2 Å². The second kappa shape index (κ2) is 6.20. The Morgan fingerprint density at radius 1 is 1.23 bits per heavy atom. The number of hydrogen-bond acceptors (Lipinski definition) is 3. The standard InChI is InChI=1S/C17H14FN3S/c1-12-20-16-8-3-13(18)11-17(16)21(12)14-4-6-15(7-5-14)22-10-2-9-19/h3-8,11H,2,10H2,1H3. The van der Waals surface area contributed by atoms with E-state index in [4.69, 9.17) is 5.26 Å². The molecule has 0 aliphatic heterocycles. The lowest BCUT2D eigenvalue weighted by Gasteiger charge is -2.08. The Balaban J connectivity index is 1.96. The summed E-state index contributed by atoms with van der Waals surface area (Å²) in [6, 6.07) is 14.8. The van der Waals surface area contributed by atoms with Gasteiger partial charge in [-0.15, -0.1) is 11.8 Å². The predicted molar refractivity (Wildman–Crippen MR) is 86.7 cm³/mol. The van der Waals surface area contributed by atoms with Gasteiger partial charge in [0.05, 0.1) is 17.1 Å². The molecule has 0 aliphatic carbocycles. The molecule has 1 heterocycles. The van der Waals surface area contributed by atoms with E-state index >= 15 is 0 Å². The quantitative estimate of drug-likeness (QED) is 0.527. The van der Waals surface area contributed by atoms with Gasteiger partial charge in [0, 0.05) is 28.8 Å². The molecule has 0 bridgehead atoms. The van der Waals surface area contributed by atoms with Crippen molar-refractivity contribution in [2.45, 2.75) is 18.2 Å². The summed E-state index contributed by atoms with van der Waals surface area (Å²) in [5, 5.41) is 8.56. The topological polar surface area (TPSA) is 41.6 Å². The molecule has 0 aliphatic rings. The molecule has 3 rings (SSSR count). The van der Waals surface area contributed by atoms with E-state index in [1.54, 1.807) is 17.8 Å². The molecule has 0 saturated carbocycles. The van der Waals surface area contributed by atoms with Crippen molar-refractivity contribution >= 4 is 22.8 Å². The number of hydrogen-bond donors (Lipinski definition) is 0. The van der Waals surface area contributed by atoms with Crippen LogP contribution in [0.3, 0.4) is 0 Å². The zero-order valence-electron chi connectivity index (χ0n) is 12.1. The second-order valence-electron chi connectivity index (χ2n) is 4.88. The van der Waals surface area contributed by atoms with Crippen molar-refractivity contribution in [1.29, 1.82) is 5.26 Å². The lowest BCUT2D eigenvalue weighted by Crippen LogP contribution is -1.96. The van der Waals surface area contributed by atoms with Gasteiger partial charge < -0.3 is 0 Å². The second-order valence-corrected chi connectivity index (χ2v) is 6.05. The molecule has 0 amide bonds. The molecular weight excluding hydrogens is 297 g/mol. The number of aromatic nitrogens is 2. The van der Waals surface area contributed by atoms with Crippen molar-refractivity contribution in [3.63, 3.8) is 0 Å². The number of imidazole rings is 1. The number of benzene rings is 2. The van der Waals surface area contributed by atoms with Gasteiger partial charge in [-0.3, -0.25) is 4.57 Å². The van der Waals surface area contributed by atoms with Crippen LogP contribution in [0.25, 0.3) is 16.7 Å². The molecule has 0 fully saturated rings. The minimum atomic E-state index is -0.266. The summed E-state index contributed by atoms with van der Waals surface area (Å²) in [4.78, 5) is 5.59. The molecule has 5 heteroatoms. The summed E-state index contributed by atoms with van der Waals surface area (Å²) in [7, 11) is 0. The predicted octanol–water partition coefficient (Wildman–Crippen LogP) is 4.48. The van der Waals surface area contributed by atoms with Crippen LogP contribution in [0.1, 0.15) is 12.2 Å². The Morgan fingerprint density at radius 2 is 2.00 bits per heavy atom. The van der Waals surface area contributed by atoms with Crippen LogP contribution in [0, 0.1) is 24.1 Å². The first-order valence-corrected chi connectivity index (χ1v) is 7.92. The highest BCUT2D eigenvalue weighted by molar-refractivity contribution is 7.99. The SMILES string of the molecule is Cc1nc2ccc(F)cc2n1-c1ccc(SCCC#N)cc1. The largest absolute Gasteiger partial charge is 0.296 e. The maximum absolute atomic E-state index is 13.5. The lowest BCUT2D eigenvalue weighted by molar-refractivity contribution is 0.629. The average Bonchev–Trinajstić information content (AvgIpc) is 2.84. The summed E-state index contributed by atoms with van der Waals surface area (Å²) in [6.45, 7) is 1.91. The van der Waals surface area contributed by atoms with Crippen LogP contribution >= 0.6 is 11.8 Å². The number of fused-ring (bicyclic) bond motifs is 1. The molecule has 0 atom stereocenters. The monoisotopic (exact) mass is 311 g/mol. The van der Waals surface area contributed by atoms with Crippen molar-refractivity contribution < 1.29 is 4.39 Å². The summed E-state index contributed by atoms with van der Waals surface area (Å²) in [5.74, 6) is 1.34. The van der Waals surface area contributed by atoms with Crippen molar-refractivity contribution in [3.05, 3.63) is 54.1 Å². The fourth-order valence-electron chi connectivity index (χ4n) is 2.40. The van der Waals surface area contributed by atoms with Gasteiger partial charge in [-0.2, -0.15) is 5.26 Å². The molecule has 2 aromatic carbocycles. The Hall–Kier alpha value is -2.32. The van der Waals surface area contributed by atoms with E-state index in [9.17, 15) is 4.39 Å². The molecule has 22 heavy (non-hydrogen) atoms. The molecule has 0 spiro atoms. The number of rotatable bonds is 4. The van der Waals surface area contributed by atoms with Gasteiger partial charge in [0.25, 0.3) is 0 Å². The molecule has 1 aromatic heterocycles. The third kappa shape index (κ3) is 2.83. The summed E-state index contributed by atoms with van der Waals surface area (Å²) < 4.78 is 15.5. The fraction of sp³-hybridized carbons (Fsp3) is 0.176. The molecule has 3 nitrogen and oxygen atoms in total. The van der Waals surface area contributed by atoms with Gasteiger partial charge in [0.15, 0.2) is 0 Å². The van der Waals surface area contributed by atoms with E-state index in [-0.39, 0.29) is 5.82 Å². The average molecular weight is 311 g/mol. The molecule has 0 N–H and O–H groups in total. The van der Waals surface area contributed by atoms with E-state index in [1.165, 1.54) is 12.1 Å². The van der Waals surface area contributed by atoms with Crippen LogP contribution in [-0.2, 0) is 0 Å². The molecule has 0 saturated heterocycles. The van der Waals surface area contributed by atoms with Gasteiger partial charge >= 0.3 is 0 Å². The van der Waals surface area contributed by atoms with Gasteiger partial charge in [-0.05, 0) is 43.3 Å². The third-order valence-corrected chi connectivity index (χ3v) is 4.38. The summed E-state index contributed by atoms with van der Waals surface area (Å²) >= 11 is 1.65. The van der Waals surface area contributed by atoms with Crippen LogP contribution in [0.5, 0.6) is 0 Å². The molecule has 0 unspecified atom stereocenters. The highest BCUT2D eigenvalue weighted by Crippen LogP contribution is 2.25. The van der Waals surface area contributed by atoms with E-state index in [2.05, 4.69) is 11.1 Å². The Bertz CT molecular complexity index is 847. The maximum Gasteiger partial charge on any atom is 0.125 e. The first-order valence-electron chi connectivity index (χ1n) is 6.94. The summed E-state index contributed by atoms with van der Waals surface area (Å²) in [5.41, 5.74) is 2.50. The summed E-state index contributed by atoms with van der Waals surface area (Å²) in [6.07, 6.45) is 0.539.